The third-order valence-electron chi connectivity index (χ3n) is 1.20. The highest BCUT2D eigenvalue weighted by atomic mass is 35.5. The van der Waals surface area contributed by atoms with Crippen molar-refractivity contribution in [2.45, 2.75) is 0 Å². The monoisotopic (exact) mass is 237 g/mol. The van der Waals surface area contributed by atoms with Crippen LogP contribution in [0.15, 0.2) is 30.3 Å². The highest BCUT2D eigenvalue weighted by Crippen LogP contribution is 2.01. The van der Waals surface area contributed by atoms with Crippen LogP contribution in [0.2, 0.25) is 0 Å². The zero-order valence-electron chi connectivity index (χ0n) is 6.91. The van der Waals surface area contributed by atoms with Gasteiger partial charge in [0.1, 0.15) is 0 Å². The molecule has 0 unspecified atom stereocenters. The van der Waals surface area contributed by atoms with Crippen LogP contribution in [0.4, 0.5) is 0 Å². The van der Waals surface area contributed by atoms with E-state index in [1.807, 2.05) is 0 Å². The molecular formula is C7H8ClNO4S. The van der Waals surface area contributed by atoms with E-state index in [0.717, 1.165) is 0 Å². The third-order valence-corrected chi connectivity index (χ3v) is 1.59. The van der Waals surface area contributed by atoms with E-state index in [-0.39, 0.29) is 18.0 Å². The third kappa shape index (κ3) is 4.22. The van der Waals surface area contributed by atoms with Crippen LogP contribution in [0.25, 0.3) is 0 Å². The van der Waals surface area contributed by atoms with Crippen molar-refractivity contribution < 1.29 is 17.4 Å². The van der Waals surface area contributed by atoms with Crippen LogP contribution in [0.5, 0.6) is 0 Å². The molecule has 78 valence electrons. The highest BCUT2D eigenvalue weighted by Gasteiger charge is 2.12. The Bertz CT molecular complexity index is 403. The molecule has 0 spiro atoms. The van der Waals surface area contributed by atoms with E-state index in [1.54, 1.807) is 18.2 Å². The Morgan fingerprint density at radius 1 is 1.21 bits per heavy atom. The largest absolute Gasteiger partial charge is 0.382 e. The minimum atomic E-state index is -4.22. The molecule has 5 nitrogen and oxygen atoms in total. The van der Waals surface area contributed by atoms with Gasteiger partial charge in [-0.3, -0.25) is 0 Å². The Morgan fingerprint density at radius 2 is 1.71 bits per heavy atom. The lowest BCUT2D eigenvalue weighted by atomic mass is 10.2. The summed E-state index contributed by atoms with van der Waals surface area (Å²) >= 11 is 0. The molecule has 0 amide bonds. The number of hydrogen-bond acceptors (Lipinski definition) is 4. The van der Waals surface area contributed by atoms with Crippen LogP contribution in [0, 0.1) is 0 Å². The summed E-state index contributed by atoms with van der Waals surface area (Å²) in [6.45, 7) is 0. The van der Waals surface area contributed by atoms with Gasteiger partial charge in [0.05, 0.1) is 5.56 Å². The van der Waals surface area contributed by atoms with Gasteiger partial charge in [-0.2, -0.15) is 13.6 Å². The normalized spacial score (nSPS) is 10.1. The molecule has 0 heterocycles. The number of benzene rings is 1. The maximum Gasteiger partial charge on any atom is 0.382 e. The van der Waals surface area contributed by atoms with Crippen LogP contribution in [0.1, 0.15) is 10.4 Å². The van der Waals surface area contributed by atoms with E-state index in [2.05, 4.69) is 9.32 Å². The summed E-state index contributed by atoms with van der Waals surface area (Å²) in [6, 6.07) is 7.70. The first-order valence-electron chi connectivity index (χ1n) is 3.30. The van der Waals surface area contributed by atoms with Crippen molar-refractivity contribution in [1.29, 1.82) is 0 Å². The predicted octanol–water partition coefficient (Wildman–Crippen LogP) is 0.469. The van der Waals surface area contributed by atoms with E-state index < -0.39 is 16.3 Å². The summed E-state index contributed by atoms with van der Waals surface area (Å²) in [5.41, 5.74) is 0.136. The molecule has 0 atom stereocenters. The van der Waals surface area contributed by atoms with Gasteiger partial charge < -0.3 is 4.18 Å². The summed E-state index contributed by atoms with van der Waals surface area (Å²) < 4.78 is 24.6. The number of rotatable bonds is 2. The molecule has 0 aliphatic carbocycles. The van der Waals surface area contributed by atoms with Gasteiger partial charge >= 0.3 is 16.3 Å². The van der Waals surface area contributed by atoms with Gasteiger partial charge in [0.25, 0.3) is 0 Å². The molecule has 1 aromatic carbocycles. The van der Waals surface area contributed by atoms with Crippen molar-refractivity contribution in [3.63, 3.8) is 0 Å². The van der Waals surface area contributed by atoms with Crippen LogP contribution in [-0.4, -0.2) is 14.4 Å². The first-order valence-corrected chi connectivity index (χ1v) is 4.78. The van der Waals surface area contributed by atoms with Gasteiger partial charge in [0.15, 0.2) is 0 Å². The van der Waals surface area contributed by atoms with Crippen molar-refractivity contribution in [2.24, 2.45) is 5.14 Å². The van der Waals surface area contributed by atoms with Gasteiger partial charge in [-0.25, -0.2) is 4.79 Å². The Morgan fingerprint density at radius 3 is 2.14 bits per heavy atom. The van der Waals surface area contributed by atoms with E-state index in [0.29, 0.717) is 0 Å². The average molecular weight is 238 g/mol. The lowest BCUT2D eigenvalue weighted by Crippen LogP contribution is -2.20. The molecule has 0 radical (unpaired) electrons. The van der Waals surface area contributed by atoms with Crippen molar-refractivity contribution in [1.82, 2.24) is 0 Å². The van der Waals surface area contributed by atoms with Crippen molar-refractivity contribution in [3.05, 3.63) is 35.9 Å². The fraction of sp³-hybridized carbons (Fsp3) is 0. The van der Waals surface area contributed by atoms with Gasteiger partial charge in [-0.05, 0) is 12.1 Å². The van der Waals surface area contributed by atoms with Crippen LogP contribution >= 0.6 is 12.4 Å². The molecular weight excluding hydrogens is 230 g/mol. The van der Waals surface area contributed by atoms with Crippen molar-refractivity contribution in [2.75, 3.05) is 0 Å². The molecule has 0 bridgehead atoms. The second kappa shape index (κ2) is 4.94. The summed E-state index contributed by atoms with van der Waals surface area (Å²) in [5, 5.41) is 4.50. The summed E-state index contributed by atoms with van der Waals surface area (Å²) in [5.74, 6) is -0.983. The average Bonchev–Trinajstić information content (AvgIpc) is 2.03. The SMILES string of the molecule is Cl.NS(=O)(=O)OC(=O)c1ccccc1. The van der Waals surface area contributed by atoms with E-state index in [1.165, 1.54) is 12.1 Å². The Labute approximate surface area is 87.5 Å². The second-order valence-electron chi connectivity index (χ2n) is 2.23. The maximum atomic E-state index is 11.0. The molecule has 0 fully saturated rings. The van der Waals surface area contributed by atoms with Gasteiger partial charge in [-0.1, -0.05) is 18.2 Å². The van der Waals surface area contributed by atoms with Gasteiger partial charge in [-0.15, -0.1) is 12.4 Å². The Kier molecular flexibility index (Phi) is 4.55. The van der Waals surface area contributed by atoms with Crippen LogP contribution in [-0.2, 0) is 14.5 Å². The molecule has 1 aromatic rings. The molecule has 0 aromatic heterocycles. The molecule has 0 saturated heterocycles. The molecule has 7 heteroatoms. The fourth-order valence-electron chi connectivity index (χ4n) is 0.728. The fourth-order valence-corrected chi connectivity index (χ4v) is 1.04. The minimum Gasteiger partial charge on any atom is -0.330 e. The van der Waals surface area contributed by atoms with Gasteiger partial charge in [0.2, 0.25) is 0 Å². The van der Waals surface area contributed by atoms with Crippen LogP contribution in [0.3, 0.4) is 0 Å². The molecule has 0 aliphatic heterocycles. The maximum absolute atomic E-state index is 11.0. The number of carbonyl (C=O) groups is 1. The molecule has 14 heavy (non-hydrogen) atoms. The smallest absolute Gasteiger partial charge is 0.330 e. The lowest BCUT2D eigenvalue weighted by Gasteiger charge is -1.99. The van der Waals surface area contributed by atoms with Crippen LogP contribution < -0.4 is 5.14 Å². The topological polar surface area (TPSA) is 86.5 Å². The zero-order valence-corrected chi connectivity index (χ0v) is 8.55. The Balaban J connectivity index is 0.00000169. The summed E-state index contributed by atoms with van der Waals surface area (Å²) in [7, 11) is -4.22. The lowest BCUT2D eigenvalue weighted by molar-refractivity contribution is 0.0747. The standard InChI is InChI=1S/C7H7NO4S.ClH/c8-13(10,11)12-7(9)6-4-2-1-3-5-6;/h1-5H,(H2,8,10,11);1H. The number of hydrogen-bond donors (Lipinski definition) is 1. The van der Waals surface area contributed by atoms with E-state index >= 15 is 0 Å². The molecule has 0 saturated carbocycles. The van der Waals surface area contributed by atoms with E-state index in [9.17, 15) is 13.2 Å². The summed E-state index contributed by atoms with van der Waals surface area (Å²) in [6.07, 6.45) is 0. The molecule has 0 aliphatic rings. The number of nitrogens with two attached hydrogens (primary N) is 1. The first kappa shape index (κ1) is 12.9. The Hall–Kier alpha value is -1.11. The number of halogens is 1. The predicted molar refractivity (Wildman–Crippen MR) is 52.2 cm³/mol. The first-order chi connectivity index (χ1) is 5.99. The van der Waals surface area contributed by atoms with Crippen molar-refractivity contribution in [3.8, 4) is 0 Å². The second-order valence-corrected chi connectivity index (χ2v) is 3.38. The van der Waals surface area contributed by atoms with Crippen molar-refractivity contribution >= 4 is 28.7 Å². The minimum absolute atomic E-state index is 0. The quantitative estimate of drug-likeness (QED) is 0.810. The highest BCUT2D eigenvalue weighted by molar-refractivity contribution is 7.84. The summed E-state index contributed by atoms with van der Waals surface area (Å²) in [4.78, 5) is 11.0. The zero-order chi connectivity index (χ0) is 9.90. The molecule has 2 N–H and O–H groups in total. The van der Waals surface area contributed by atoms with E-state index in [4.69, 9.17) is 0 Å². The molecule has 1 rings (SSSR count). The van der Waals surface area contributed by atoms with Gasteiger partial charge in [0, 0.05) is 0 Å². The number of carbonyl (C=O) groups excluding carboxylic acids is 1.